The maximum absolute atomic E-state index is 12.1. The number of hydrogen-bond acceptors (Lipinski definition) is 4. The first-order chi connectivity index (χ1) is 14.2. The molecule has 2 aromatic carbocycles. The molecule has 0 aliphatic heterocycles. The minimum atomic E-state index is -0.336. The van der Waals surface area contributed by atoms with Gasteiger partial charge < -0.3 is 16.0 Å². The normalized spacial score (nSPS) is 10.2. The first-order valence-corrected chi connectivity index (χ1v) is 10.2. The molecule has 0 unspecified atom stereocenters. The molecular formula is C22H22N4O2S. The summed E-state index contributed by atoms with van der Waals surface area (Å²) in [6.07, 6.45) is 1.96. The summed E-state index contributed by atoms with van der Waals surface area (Å²) < 4.78 is 0. The minimum absolute atomic E-state index is 0.153. The van der Waals surface area contributed by atoms with Crippen molar-refractivity contribution in [1.29, 1.82) is 0 Å². The number of pyridine rings is 1. The smallest absolute Gasteiger partial charge is 0.319 e. The molecular weight excluding hydrogens is 384 g/mol. The molecule has 0 saturated carbocycles. The molecule has 1 heterocycles. The molecule has 0 bridgehead atoms. The highest BCUT2D eigenvalue weighted by atomic mass is 32.2. The molecule has 3 rings (SSSR count). The fourth-order valence-electron chi connectivity index (χ4n) is 2.54. The van der Waals surface area contributed by atoms with Crippen LogP contribution in [0.4, 0.5) is 16.2 Å². The zero-order valence-corrected chi connectivity index (χ0v) is 16.6. The molecule has 3 aromatic rings. The molecule has 0 fully saturated rings. The van der Waals surface area contributed by atoms with E-state index in [9.17, 15) is 9.59 Å². The second-order valence-corrected chi connectivity index (χ2v) is 7.20. The summed E-state index contributed by atoms with van der Waals surface area (Å²) in [7, 11) is 0. The highest BCUT2D eigenvalue weighted by Crippen LogP contribution is 2.22. The van der Waals surface area contributed by atoms with Crippen LogP contribution < -0.4 is 16.0 Å². The van der Waals surface area contributed by atoms with Crippen LogP contribution in [0.1, 0.15) is 12.0 Å². The van der Waals surface area contributed by atoms with Crippen LogP contribution in [0.15, 0.2) is 84.0 Å². The van der Waals surface area contributed by atoms with Crippen LogP contribution in [0.2, 0.25) is 0 Å². The Morgan fingerprint density at radius 3 is 2.45 bits per heavy atom. The molecule has 7 heteroatoms. The second-order valence-electron chi connectivity index (χ2n) is 6.20. The predicted molar refractivity (Wildman–Crippen MR) is 117 cm³/mol. The van der Waals surface area contributed by atoms with Crippen molar-refractivity contribution in [2.75, 3.05) is 17.2 Å². The van der Waals surface area contributed by atoms with E-state index in [1.54, 1.807) is 30.1 Å². The van der Waals surface area contributed by atoms with Gasteiger partial charge in [0.1, 0.15) is 0 Å². The van der Waals surface area contributed by atoms with Gasteiger partial charge in [0.2, 0.25) is 5.91 Å². The van der Waals surface area contributed by atoms with Gasteiger partial charge in [-0.15, -0.1) is 11.8 Å². The van der Waals surface area contributed by atoms with Crippen LogP contribution in [-0.4, -0.2) is 23.5 Å². The van der Waals surface area contributed by atoms with Crippen molar-refractivity contribution in [2.24, 2.45) is 0 Å². The van der Waals surface area contributed by atoms with Gasteiger partial charge in [-0.05, 0) is 42.0 Å². The standard InChI is InChI=1S/C22H22N4O2S/c27-20(12-14-24-22(28)26-18-8-2-1-3-9-18)25-19-10-6-7-17(15-19)16-29-21-11-4-5-13-23-21/h1-11,13,15H,12,14,16H2,(H,25,27)(H2,24,26,28). The summed E-state index contributed by atoms with van der Waals surface area (Å²) in [6, 6.07) is 22.4. The van der Waals surface area contributed by atoms with E-state index in [0.717, 1.165) is 22.0 Å². The Morgan fingerprint density at radius 1 is 0.862 bits per heavy atom. The zero-order chi connectivity index (χ0) is 20.3. The van der Waals surface area contributed by atoms with Crippen LogP contribution in [0.5, 0.6) is 0 Å². The van der Waals surface area contributed by atoms with Gasteiger partial charge in [-0.1, -0.05) is 36.4 Å². The lowest BCUT2D eigenvalue weighted by Crippen LogP contribution is -2.31. The number of nitrogens with one attached hydrogen (secondary N) is 3. The van der Waals surface area contributed by atoms with Crippen LogP contribution in [0, 0.1) is 0 Å². The molecule has 0 aliphatic rings. The molecule has 6 nitrogen and oxygen atoms in total. The third-order valence-electron chi connectivity index (χ3n) is 3.90. The first kappa shape index (κ1) is 20.4. The van der Waals surface area contributed by atoms with Gasteiger partial charge >= 0.3 is 6.03 Å². The van der Waals surface area contributed by atoms with Crippen molar-refractivity contribution in [3.8, 4) is 0 Å². The van der Waals surface area contributed by atoms with Gasteiger partial charge in [0.25, 0.3) is 0 Å². The average molecular weight is 407 g/mol. The number of benzene rings is 2. The van der Waals surface area contributed by atoms with Gasteiger partial charge in [-0.25, -0.2) is 9.78 Å². The molecule has 0 atom stereocenters. The van der Waals surface area contributed by atoms with Gasteiger partial charge in [0.15, 0.2) is 0 Å². The van der Waals surface area contributed by atoms with Crippen molar-refractivity contribution in [3.63, 3.8) is 0 Å². The number of nitrogens with zero attached hydrogens (tertiary/aromatic N) is 1. The SMILES string of the molecule is O=C(CCNC(=O)Nc1ccccc1)Nc1cccc(CSc2ccccn2)c1. The van der Waals surface area contributed by atoms with E-state index >= 15 is 0 Å². The summed E-state index contributed by atoms with van der Waals surface area (Å²) in [5, 5.41) is 9.22. The molecule has 3 amide bonds. The lowest BCUT2D eigenvalue weighted by atomic mass is 10.2. The maximum Gasteiger partial charge on any atom is 0.319 e. The fraction of sp³-hybridized carbons (Fsp3) is 0.136. The van der Waals surface area contributed by atoms with Gasteiger partial charge in [-0.2, -0.15) is 0 Å². The fourth-order valence-corrected chi connectivity index (χ4v) is 3.34. The Labute approximate surface area is 174 Å². The second kappa shape index (κ2) is 10.9. The zero-order valence-electron chi connectivity index (χ0n) is 15.8. The highest BCUT2D eigenvalue weighted by molar-refractivity contribution is 7.98. The van der Waals surface area contributed by atoms with Gasteiger partial charge in [-0.3, -0.25) is 4.79 Å². The molecule has 0 spiro atoms. The Bertz CT molecular complexity index is 936. The molecule has 0 saturated heterocycles. The first-order valence-electron chi connectivity index (χ1n) is 9.21. The number of rotatable bonds is 8. The van der Waals surface area contributed by atoms with E-state index in [0.29, 0.717) is 5.69 Å². The number of amides is 3. The Hall–Kier alpha value is -3.32. The monoisotopic (exact) mass is 406 g/mol. The topological polar surface area (TPSA) is 83.1 Å². The summed E-state index contributed by atoms with van der Waals surface area (Å²) >= 11 is 1.64. The molecule has 3 N–H and O–H groups in total. The van der Waals surface area contributed by atoms with Crippen molar-refractivity contribution in [2.45, 2.75) is 17.2 Å². The third-order valence-corrected chi connectivity index (χ3v) is 4.92. The van der Waals surface area contributed by atoms with Crippen LogP contribution in [0.3, 0.4) is 0 Å². The molecule has 29 heavy (non-hydrogen) atoms. The number of carbonyl (C=O) groups excluding carboxylic acids is 2. The Kier molecular flexibility index (Phi) is 7.65. The Morgan fingerprint density at radius 2 is 1.66 bits per heavy atom. The lowest BCUT2D eigenvalue weighted by Gasteiger charge is -2.09. The van der Waals surface area contributed by atoms with Gasteiger partial charge in [0, 0.05) is 36.3 Å². The van der Waals surface area contributed by atoms with E-state index in [-0.39, 0.29) is 24.9 Å². The predicted octanol–water partition coefficient (Wildman–Crippen LogP) is 4.52. The summed E-state index contributed by atoms with van der Waals surface area (Å²) in [4.78, 5) is 28.3. The van der Waals surface area contributed by atoms with Gasteiger partial charge in [0.05, 0.1) is 5.03 Å². The maximum atomic E-state index is 12.1. The van der Waals surface area contributed by atoms with E-state index < -0.39 is 0 Å². The number of urea groups is 1. The number of hydrogen-bond donors (Lipinski definition) is 3. The number of thioether (sulfide) groups is 1. The summed E-state index contributed by atoms with van der Waals surface area (Å²) in [5.41, 5.74) is 2.54. The van der Waals surface area contributed by atoms with Crippen molar-refractivity contribution < 1.29 is 9.59 Å². The largest absolute Gasteiger partial charge is 0.337 e. The molecule has 148 valence electrons. The Balaban J connectivity index is 1.40. The number of carbonyl (C=O) groups is 2. The summed E-state index contributed by atoms with van der Waals surface area (Å²) in [6.45, 7) is 0.250. The number of para-hydroxylation sites is 1. The van der Waals surface area contributed by atoms with E-state index in [2.05, 4.69) is 20.9 Å². The van der Waals surface area contributed by atoms with E-state index in [1.165, 1.54) is 0 Å². The van der Waals surface area contributed by atoms with Crippen molar-refractivity contribution in [3.05, 3.63) is 84.6 Å². The average Bonchev–Trinajstić information content (AvgIpc) is 2.74. The van der Waals surface area contributed by atoms with Crippen LogP contribution >= 0.6 is 11.8 Å². The number of aromatic nitrogens is 1. The quantitative estimate of drug-likeness (QED) is 0.480. The van der Waals surface area contributed by atoms with E-state index in [4.69, 9.17) is 0 Å². The molecule has 1 aromatic heterocycles. The third kappa shape index (κ3) is 7.31. The number of anilines is 2. The van der Waals surface area contributed by atoms with Crippen molar-refractivity contribution in [1.82, 2.24) is 10.3 Å². The van der Waals surface area contributed by atoms with E-state index in [1.807, 2.05) is 60.7 Å². The molecule has 0 aliphatic carbocycles. The minimum Gasteiger partial charge on any atom is -0.337 e. The van der Waals surface area contributed by atoms with Crippen LogP contribution in [0.25, 0.3) is 0 Å². The lowest BCUT2D eigenvalue weighted by molar-refractivity contribution is -0.116. The summed E-state index contributed by atoms with van der Waals surface area (Å²) in [5.74, 6) is 0.613. The highest BCUT2D eigenvalue weighted by Gasteiger charge is 2.06. The van der Waals surface area contributed by atoms with Crippen LogP contribution in [-0.2, 0) is 10.5 Å². The van der Waals surface area contributed by atoms with Crippen molar-refractivity contribution >= 4 is 35.1 Å². The molecule has 0 radical (unpaired) electrons.